The molecule has 3 aromatic rings. The number of benzene rings is 2. The lowest BCUT2D eigenvalue weighted by Gasteiger charge is -2.26. The van der Waals surface area contributed by atoms with Gasteiger partial charge in [0, 0.05) is 35.2 Å². The van der Waals surface area contributed by atoms with Gasteiger partial charge in [0.05, 0.1) is 41.1 Å². The number of fused-ring (bicyclic) bond motifs is 3. The van der Waals surface area contributed by atoms with Crippen LogP contribution in [0.2, 0.25) is 0 Å². The fourth-order valence-corrected chi connectivity index (χ4v) is 5.16. The standard InChI is InChI=1S/C21H19N3O4S/c25-15-5-3-4-14(12-15)24-20-16-6-1-2-7-18(16)29(27)13-17(20)19(22-24)21(26)23-8-10-28-11-9-23/h1-7,12,25H,8-11,13H2. The molecule has 0 saturated carbocycles. The smallest absolute Gasteiger partial charge is 0.274 e. The molecule has 8 heteroatoms. The van der Waals surface area contributed by atoms with Crippen molar-refractivity contribution < 1.29 is 18.8 Å². The minimum atomic E-state index is -1.25. The highest BCUT2D eigenvalue weighted by Crippen LogP contribution is 2.39. The molecular formula is C21H19N3O4S. The zero-order valence-electron chi connectivity index (χ0n) is 15.6. The van der Waals surface area contributed by atoms with Crippen molar-refractivity contribution in [2.24, 2.45) is 0 Å². The summed E-state index contributed by atoms with van der Waals surface area (Å²) in [6, 6.07) is 14.2. The predicted molar refractivity (Wildman–Crippen MR) is 107 cm³/mol. The average molecular weight is 409 g/mol. The summed E-state index contributed by atoms with van der Waals surface area (Å²) in [4.78, 5) is 15.7. The van der Waals surface area contributed by atoms with E-state index in [2.05, 4.69) is 5.10 Å². The Bertz CT molecular complexity index is 1130. The van der Waals surface area contributed by atoms with Gasteiger partial charge in [-0.3, -0.25) is 9.00 Å². The predicted octanol–water partition coefficient (Wildman–Crippen LogP) is 2.34. The van der Waals surface area contributed by atoms with Crippen LogP contribution in [0.15, 0.2) is 53.4 Å². The number of ether oxygens (including phenoxy) is 1. The summed E-state index contributed by atoms with van der Waals surface area (Å²) >= 11 is 0. The van der Waals surface area contributed by atoms with Crippen LogP contribution in [0.3, 0.4) is 0 Å². The van der Waals surface area contributed by atoms with Crippen LogP contribution in [0.4, 0.5) is 0 Å². The number of hydrogen-bond acceptors (Lipinski definition) is 5. The van der Waals surface area contributed by atoms with E-state index in [1.807, 2.05) is 30.3 Å². The van der Waals surface area contributed by atoms with E-state index in [-0.39, 0.29) is 17.4 Å². The highest BCUT2D eigenvalue weighted by Gasteiger charge is 2.34. The molecule has 1 amide bonds. The van der Waals surface area contributed by atoms with Gasteiger partial charge in [-0.05, 0) is 18.2 Å². The second-order valence-electron chi connectivity index (χ2n) is 7.00. The van der Waals surface area contributed by atoms with Gasteiger partial charge in [0.2, 0.25) is 0 Å². The van der Waals surface area contributed by atoms with Crippen molar-refractivity contribution >= 4 is 16.7 Å². The molecule has 1 aromatic heterocycles. The van der Waals surface area contributed by atoms with Crippen LogP contribution >= 0.6 is 0 Å². The number of carbonyl (C=O) groups is 1. The lowest BCUT2D eigenvalue weighted by Crippen LogP contribution is -2.41. The van der Waals surface area contributed by atoms with Gasteiger partial charge in [-0.15, -0.1) is 0 Å². The molecule has 5 rings (SSSR count). The fourth-order valence-electron chi connectivity index (χ4n) is 3.83. The summed E-state index contributed by atoms with van der Waals surface area (Å²) in [6.07, 6.45) is 0. The first kappa shape index (κ1) is 18.1. The number of phenolic OH excluding ortho intramolecular Hbond substituents is 1. The quantitative estimate of drug-likeness (QED) is 0.702. The van der Waals surface area contributed by atoms with Gasteiger partial charge in [0.1, 0.15) is 5.75 Å². The summed E-state index contributed by atoms with van der Waals surface area (Å²) in [5, 5.41) is 14.6. The van der Waals surface area contributed by atoms with Gasteiger partial charge in [-0.2, -0.15) is 5.10 Å². The maximum Gasteiger partial charge on any atom is 0.274 e. The first-order chi connectivity index (χ1) is 14.1. The number of aromatic hydroxyl groups is 1. The summed E-state index contributed by atoms with van der Waals surface area (Å²) in [7, 11) is -1.25. The molecule has 2 aliphatic heterocycles. The molecule has 1 N–H and O–H groups in total. The molecule has 0 spiro atoms. The minimum Gasteiger partial charge on any atom is -0.508 e. The summed E-state index contributed by atoms with van der Waals surface area (Å²) in [5.74, 6) is 0.164. The normalized spacial score (nSPS) is 18.2. The minimum absolute atomic E-state index is 0.112. The SMILES string of the molecule is O=C(c1nn(-c2cccc(O)c2)c2c1CS(=O)c1ccccc1-2)N1CCOCC1. The third-order valence-corrected chi connectivity index (χ3v) is 6.62. The number of carbonyl (C=O) groups excluding carboxylic acids is 1. The molecule has 7 nitrogen and oxygen atoms in total. The van der Waals surface area contributed by atoms with Gasteiger partial charge in [0.15, 0.2) is 5.69 Å². The van der Waals surface area contributed by atoms with Gasteiger partial charge in [-0.1, -0.05) is 24.3 Å². The Balaban J connectivity index is 1.73. The maximum absolute atomic E-state index is 13.2. The number of rotatable bonds is 2. The van der Waals surface area contributed by atoms with Gasteiger partial charge >= 0.3 is 0 Å². The maximum atomic E-state index is 13.2. The fraction of sp³-hybridized carbons (Fsp3) is 0.238. The molecule has 148 valence electrons. The highest BCUT2D eigenvalue weighted by molar-refractivity contribution is 7.84. The lowest BCUT2D eigenvalue weighted by molar-refractivity contribution is 0.0298. The molecule has 2 aromatic carbocycles. The third kappa shape index (κ3) is 3.04. The molecule has 1 saturated heterocycles. The van der Waals surface area contributed by atoms with Crippen molar-refractivity contribution in [1.82, 2.24) is 14.7 Å². The molecule has 29 heavy (non-hydrogen) atoms. The van der Waals surface area contributed by atoms with E-state index < -0.39 is 10.8 Å². The number of morpholine rings is 1. The number of nitrogens with zero attached hydrogens (tertiary/aromatic N) is 3. The van der Waals surface area contributed by atoms with Crippen molar-refractivity contribution in [1.29, 1.82) is 0 Å². The Hall–Kier alpha value is -2.97. The Morgan fingerprint density at radius 3 is 2.69 bits per heavy atom. The van der Waals surface area contributed by atoms with Crippen molar-refractivity contribution in [2.45, 2.75) is 10.6 Å². The van der Waals surface area contributed by atoms with Crippen LogP contribution in [0.5, 0.6) is 5.75 Å². The monoisotopic (exact) mass is 409 g/mol. The van der Waals surface area contributed by atoms with E-state index >= 15 is 0 Å². The van der Waals surface area contributed by atoms with Crippen molar-refractivity contribution in [3.63, 3.8) is 0 Å². The first-order valence-electron chi connectivity index (χ1n) is 9.39. The number of aromatic nitrogens is 2. The second-order valence-corrected chi connectivity index (χ2v) is 8.42. The Morgan fingerprint density at radius 2 is 1.90 bits per heavy atom. The van der Waals surface area contributed by atoms with E-state index in [0.29, 0.717) is 43.2 Å². The molecule has 0 bridgehead atoms. The van der Waals surface area contributed by atoms with Crippen molar-refractivity contribution in [3.8, 4) is 22.7 Å². The molecular weight excluding hydrogens is 390 g/mol. The Kier molecular flexibility index (Phi) is 4.44. The van der Waals surface area contributed by atoms with Crippen molar-refractivity contribution in [3.05, 3.63) is 59.8 Å². The van der Waals surface area contributed by atoms with Crippen LogP contribution in [0.1, 0.15) is 16.1 Å². The molecule has 3 heterocycles. The average Bonchev–Trinajstić information content (AvgIpc) is 3.13. The third-order valence-electron chi connectivity index (χ3n) is 5.22. The van der Waals surface area contributed by atoms with Crippen LogP contribution in [0, 0.1) is 0 Å². The van der Waals surface area contributed by atoms with E-state index in [1.54, 1.807) is 27.8 Å². The molecule has 0 radical (unpaired) electrons. The van der Waals surface area contributed by atoms with Crippen molar-refractivity contribution in [2.75, 3.05) is 26.3 Å². The zero-order valence-corrected chi connectivity index (χ0v) is 16.4. The van der Waals surface area contributed by atoms with Gasteiger partial charge < -0.3 is 14.7 Å². The van der Waals surface area contributed by atoms with Gasteiger partial charge in [-0.25, -0.2) is 4.68 Å². The summed E-state index contributed by atoms with van der Waals surface area (Å²) in [6.45, 7) is 2.00. The van der Waals surface area contributed by atoms with E-state index in [4.69, 9.17) is 4.74 Å². The summed E-state index contributed by atoms with van der Waals surface area (Å²) < 4.78 is 19.9. The van der Waals surface area contributed by atoms with E-state index in [9.17, 15) is 14.1 Å². The number of hydrogen-bond donors (Lipinski definition) is 1. The highest BCUT2D eigenvalue weighted by atomic mass is 32.2. The Labute approximate surface area is 170 Å². The first-order valence-corrected chi connectivity index (χ1v) is 10.7. The Morgan fingerprint density at radius 1 is 1.10 bits per heavy atom. The number of amides is 1. The lowest BCUT2D eigenvalue weighted by atomic mass is 10.0. The molecule has 2 aliphatic rings. The number of phenols is 1. The zero-order chi connectivity index (χ0) is 20.0. The van der Waals surface area contributed by atoms with Crippen LogP contribution in [-0.4, -0.2) is 56.2 Å². The van der Waals surface area contributed by atoms with E-state index in [1.165, 1.54) is 0 Å². The molecule has 1 unspecified atom stereocenters. The molecule has 0 aliphatic carbocycles. The largest absolute Gasteiger partial charge is 0.508 e. The van der Waals surface area contributed by atoms with Gasteiger partial charge in [0.25, 0.3) is 5.91 Å². The summed E-state index contributed by atoms with van der Waals surface area (Å²) in [5.41, 5.74) is 3.19. The molecule has 1 atom stereocenters. The van der Waals surface area contributed by atoms with Crippen LogP contribution in [-0.2, 0) is 21.3 Å². The van der Waals surface area contributed by atoms with Crippen LogP contribution < -0.4 is 0 Å². The second kappa shape index (κ2) is 7.13. The van der Waals surface area contributed by atoms with E-state index in [0.717, 1.165) is 16.2 Å². The topological polar surface area (TPSA) is 84.7 Å². The molecule has 1 fully saturated rings. The van der Waals surface area contributed by atoms with Crippen LogP contribution in [0.25, 0.3) is 16.9 Å².